The molecule has 0 amide bonds. The zero-order valence-corrected chi connectivity index (χ0v) is 20.5. The van der Waals surface area contributed by atoms with Crippen molar-refractivity contribution in [2.75, 3.05) is 19.6 Å². The summed E-state index contributed by atoms with van der Waals surface area (Å²) in [5.41, 5.74) is 22.8. The molecule has 1 fully saturated rings. The van der Waals surface area contributed by atoms with Crippen LogP contribution in [-0.4, -0.2) is 49.5 Å². The second-order valence-electron chi connectivity index (χ2n) is 8.47. The molecule has 11 N–H and O–H groups in total. The first-order valence-corrected chi connectivity index (χ1v) is 12.3. The summed E-state index contributed by atoms with van der Waals surface area (Å²) in [6.07, 6.45) is 15.1. The molecule has 0 spiro atoms. The van der Waals surface area contributed by atoms with E-state index in [1.54, 1.807) is 12.4 Å². The minimum atomic E-state index is 0.163. The van der Waals surface area contributed by atoms with Gasteiger partial charge in [0.2, 0.25) is 18.1 Å². The van der Waals surface area contributed by atoms with Crippen molar-refractivity contribution in [2.24, 2.45) is 48.8 Å². The van der Waals surface area contributed by atoms with E-state index in [9.17, 15) is 0 Å². The van der Waals surface area contributed by atoms with Crippen molar-refractivity contribution >= 4 is 23.8 Å². The highest BCUT2D eigenvalue weighted by atomic mass is 15.2. The van der Waals surface area contributed by atoms with E-state index < -0.39 is 0 Å². The van der Waals surface area contributed by atoms with Crippen molar-refractivity contribution in [1.29, 1.82) is 10.5 Å². The quantitative estimate of drug-likeness (QED) is 0.0518. The lowest BCUT2D eigenvalue weighted by molar-refractivity contribution is 0.580. The van der Waals surface area contributed by atoms with E-state index in [2.05, 4.69) is 35.9 Å². The summed E-state index contributed by atoms with van der Waals surface area (Å²) in [5, 5.41) is 24.9. The van der Waals surface area contributed by atoms with Crippen LogP contribution in [-0.2, 0) is 0 Å². The van der Waals surface area contributed by atoms with Crippen LogP contribution in [0.5, 0.6) is 0 Å². The van der Waals surface area contributed by atoms with Crippen molar-refractivity contribution in [1.82, 2.24) is 16.0 Å². The fourth-order valence-electron chi connectivity index (χ4n) is 3.53. The third kappa shape index (κ3) is 16.5. The van der Waals surface area contributed by atoms with Crippen LogP contribution in [0.15, 0.2) is 20.0 Å². The molecule has 1 unspecified atom stereocenters. The van der Waals surface area contributed by atoms with Crippen LogP contribution in [0, 0.1) is 28.8 Å². The highest BCUT2D eigenvalue weighted by Gasteiger charge is 2.36. The van der Waals surface area contributed by atoms with Gasteiger partial charge in [-0.2, -0.15) is 10.5 Å². The second-order valence-corrected chi connectivity index (χ2v) is 8.47. The molecule has 1 aliphatic carbocycles. The van der Waals surface area contributed by atoms with Crippen LogP contribution in [0.2, 0.25) is 0 Å². The summed E-state index contributed by atoms with van der Waals surface area (Å²) in [5.74, 6) is 1.54. The standard InChI is InChI=1S/C22H41N13/c23-15-32-19(25)29-11-7-3-1-4-8-12-30-20(26)35-21(27)31-13-9-5-2-6-10-17-14-18(17)34-22(28)33-16-24/h17-18H,1-14H2,(H3,25,29,32)(H3,28,33,34)(H5,26,27,30,31,35)/t17?,18-/m0/s1. The van der Waals surface area contributed by atoms with Crippen LogP contribution in [0.3, 0.4) is 0 Å². The Morgan fingerprint density at radius 1 is 0.771 bits per heavy atom. The predicted molar refractivity (Wildman–Crippen MR) is 140 cm³/mol. The van der Waals surface area contributed by atoms with Gasteiger partial charge >= 0.3 is 0 Å². The Bertz CT molecular complexity index is 803. The minimum Gasteiger partial charge on any atom is -0.370 e. The van der Waals surface area contributed by atoms with Gasteiger partial charge < -0.3 is 28.3 Å². The maximum Gasteiger partial charge on any atom is 0.209 e. The highest BCUT2D eigenvalue weighted by Crippen LogP contribution is 2.38. The molecule has 0 heterocycles. The fourth-order valence-corrected chi connectivity index (χ4v) is 3.53. The average Bonchev–Trinajstić information content (AvgIpc) is 3.54. The Kier molecular flexibility index (Phi) is 15.6. The predicted octanol–water partition coefficient (Wildman–Crippen LogP) is 0.266. The maximum absolute atomic E-state index is 8.49. The number of hydrogen-bond donors (Lipinski definition) is 7. The molecule has 0 saturated heterocycles. The van der Waals surface area contributed by atoms with Crippen LogP contribution >= 0.6 is 0 Å². The Morgan fingerprint density at radius 3 is 2.00 bits per heavy atom. The van der Waals surface area contributed by atoms with Gasteiger partial charge in [-0.3, -0.25) is 20.6 Å². The fraction of sp³-hybridized carbons (Fsp3) is 0.727. The Labute approximate surface area is 208 Å². The third-order valence-corrected chi connectivity index (χ3v) is 5.49. The topological polar surface area (TPSA) is 237 Å². The second kappa shape index (κ2) is 18.7. The highest BCUT2D eigenvalue weighted by molar-refractivity contribution is 5.97. The van der Waals surface area contributed by atoms with Crippen molar-refractivity contribution in [3.8, 4) is 12.4 Å². The number of nitriles is 2. The molecule has 13 heteroatoms. The normalized spacial score (nSPS) is 18.5. The lowest BCUT2D eigenvalue weighted by Gasteiger charge is -2.05. The largest absolute Gasteiger partial charge is 0.370 e. The summed E-state index contributed by atoms with van der Waals surface area (Å²) >= 11 is 0. The van der Waals surface area contributed by atoms with Gasteiger partial charge in [-0.25, -0.2) is 4.99 Å². The lowest BCUT2D eigenvalue weighted by atomic mass is 10.1. The van der Waals surface area contributed by atoms with Gasteiger partial charge in [0, 0.05) is 19.6 Å². The molecule has 0 aromatic carbocycles. The molecular formula is C22H41N13. The molecule has 0 aliphatic heterocycles. The van der Waals surface area contributed by atoms with E-state index >= 15 is 0 Å². The molecule has 0 aromatic heterocycles. The van der Waals surface area contributed by atoms with Crippen molar-refractivity contribution in [3.63, 3.8) is 0 Å². The summed E-state index contributed by atoms with van der Waals surface area (Å²) in [6.45, 7) is 2.00. The Hall–Kier alpha value is -3.74. The van der Waals surface area contributed by atoms with Gasteiger partial charge in [0.15, 0.2) is 18.1 Å². The monoisotopic (exact) mass is 487 g/mol. The average molecular weight is 488 g/mol. The minimum absolute atomic E-state index is 0.163. The van der Waals surface area contributed by atoms with Crippen LogP contribution < -0.4 is 38.9 Å². The number of hydrogen-bond acceptors (Lipinski definition) is 6. The summed E-state index contributed by atoms with van der Waals surface area (Å²) in [6, 6.07) is 0.267. The number of guanidine groups is 4. The van der Waals surface area contributed by atoms with Crippen molar-refractivity contribution in [3.05, 3.63) is 0 Å². The molecule has 2 atom stereocenters. The molecule has 1 rings (SSSR count). The van der Waals surface area contributed by atoms with E-state index in [4.69, 9.17) is 33.5 Å². The molecule has 194 valence electrons. The number of nitrogens with two attached hydrogens (primary N) is 4. The summed E-state index contributed by atoms with van der Waals surface area (Å²) in [7, 11) is 0. The first-order chi connectivity index (χ1) is 17.0. The molecule has 35 heavy (non-hydrogen) atoms. The molecule has 13 nitrogen and oxygen atoms in total. The summed E-state index contributed by atoms with van der Waals surface area (Å²) in [4.78, 5) is 16.2. The molecule has 0 bridgehead atoms. The first kappa shape index (κ1) is 29.3. The smallest absolute Gasteiger partial charge is 0.209 e. The molecule has 0 radical (unpaired) electrons. The SMILES string of the molecule is N#CN=C(N)NCCCCCCCN=C(N)NC(N)=NCCCCCCC1C[C@@H]1N=C(N)NC#N. The Balaban J connectivity index is 1.97. The van der Waals surface area contributed by atoms with Crippen molar-refractivity contribution in [2.45, 2.75) is 76.7 Å². The van der Waals surface area contributed by atoms with Gasteiger partial charge in [0.05, 0.1) is 6.04 Å². The van der Waals surface area contributed by atoms with Crippen molar-refractivity contribution < 1.29 is 0 Å². The number of nitrogens with zero attached hydrogens (tertiary/aromatic N) is 6. The van der Waals surface area contributed by atoms with Crippen LogP contribution in [0.1, 0.15) is 70.6 Å². The lowest BCUT2D eigenvalue weighted by Crippen LogP contribution is -2.41. The number of rotatable bonds is 16. The molecule has 1 saturated carbocycles. The molecule has 1 aliphatic rings. The van der Waals surface area contributed by atoms with E-state index in [0.717, 1.165) is 70.6 Å². The van der Waals surface area contributed by atoms with Crippen LogP contribution in [0.4, 0.5) is 0 Å². The third-order valence-electron chi connectivity index (χ3n) is 5.49. The van der Waals surface area contributed by atoms with Crippen LogP contribution in [0.25, 0.3) is 0 Å². The molecular weight excluding hydrogens is 446 g/mol. The van der Waals surface area contributed by atoms with Gasteiger partial charge in [0.1, 0.15) is 0 Å². The van der Waals surface area contributed by atoms with Gasteiger partial charge in [-0.05, 0) is 38.0 Å². The number of aliphatic imine (C=N–C) groups is 4. The molecule has 0 aromatic rings. The number of nitrogens with one attached hydrogen (secondary N) is 3. The Morgan fingerprint density at radius 2 is 1.37 bits per heavy atom. The van der Waals surface area contributed by atoms with Gasteiger partial charge in [-0.1, -0.05) is 38.5 Å². The van der Waals surface area contributed by atoms with E-state index in [0.29, 0.717) is 31.5 Å². The van der Waals surface area contributed by atoms with Gasteiger partial charge in [-0.15, -0.1) is 4.99 Å². The zero-order valence-electron chi connectivity index (χ0n) is 20.5. The maximum atomic E-state index is 8.49. The first-order valence-electron chi connectivity index (χ1n) is 12.3. The zero-order chi connectivity index (χ0) is 25.7. The van der Waals surface area contributed by atoms with E-state index in [1.807, 2.05) is 0 Å². The number of unbranched alkanes of at least 4 members (excludes halogenated alkanes) is 7. The van der Waals surface area contributed by atoms with E-state index in [-0.39, 0.29) is 23.9 Å². The van der Waals surface area contributed by atoms with E-state index in [1.165, 1.54) is 0 Å². The van der Waals surface area contributed by atoms with Gasteiger partial charge in [0.25, 0.3) is 0 Å². The summed E-state index contributed by atoms with van der Waals surface area (Å²) < 4.78 is 0.